The maximum atomic E-state index is 14.3. The number of methoxy groups -OCH3 is 1. The second-order valence-corrected chi connectivity index (χ2v) is 10.0. The van der Waals surface area contributed by atoms with Crippen LogP contribution in [0.1, 0.15) is 53.1 Å². The fourth-order valence-corrected chi connectivity index (χ4v) is 5.01. The van der Waals surface area contributed by atoms with Crippen molar-refractivity contribution in [2.45, 2.75) is 53.7 Å². The molecule has 4 rings (SSSR count). The molecule has 0 unspecified atom stereocenters. The number of aryl methyl sites for hydroxylation is 2. The molecule has 0 aliphatic rings. The van der Waals surface area contributed by atoms with Crippen molar-refractivity contribution in [2.75, 3.05) is 12.4 Å². The molecule has 2 N–H and O–H groups in total. The second kappa shape index (κ2) is 12.0. The van der Waals surface area contributed by atoms with Crippen LogP contribution in [-0.4, -0.2) is 28.8 Å². The van der Waals surface area contributed by atoms with E-state index in [1.54, 1.807) is 26.2 Å². The van der Waals surface area contributed by atoms with Gasteiger partial charge < -0.3 is 20.0 Å². The number of rotatable bonds is 9. The highest BCUT2D eigenvalue weighted by Gasteiger charge is 2.36. The Morgan fingerprint density at radius 1 is 1.02 bits per heavy atom. The van der Waals surface area contributed by atoms with Crippen LogP contribution in [0.15, 0.2) is 60.7 Å². The van der Waals surface area contributed by atoms with Crippen LogP contribution >= 0.6 is 0 Å². The number of nitrogens with one attached hydrogen (secondary N) is 1. The molecule has 0 bridgehead atoms. The summed E-state index contributed by atoms with van der Waals surface area (Å²) in [5, 5.41) is 14.0. The highest BCUT2D eigenvalue weighted by Crippen LogP contribution is 2.38. The Kier molecular flexibility index (Phi) is 8.65. The normalized spacial score (nSPS) is 11.3. The van der Waals surface area contributed by atoms with Gasteiger partial charge in [-0.3, -0.25) is 9.59 Å². The van der Waals surface area contributed by atoms with E-state index in [0.717, 1.165) is 27.0 Å². The zero-order valence-electron chi connectivity index (χ0n) is 24.4. The van der Waals surface area contributed by atoms with Gasteiger partial charge in [0, 0.05) is 37.1 Å². The van der Waals surface area contributed by atoms with E-state index >= 15 is 0 Å². The van der Waals surface area contributed by atoms with Gasteiger partial charge in [-0.05, 0) is 65.6 Å². The SMILES string of the molecule is CCC(F)(F)c1cccc(NC(=O)c2c(C)n(COC(C)=O)c(-c3ccc(OC)c(-c4c(C)cccc4C)c3)[n+]2O)c1. The van der Waals surface area contributed by atoms with E-state index in [1.807, 2.05) is 38.1 Å². The summed E-state index contributed by atoms with van der Waals surface area (Å²) < 4.78 is 41.7. The molecule has 1 heterocycles. The van der Waals surface area contributed by atoms with E-state index < -0.39 is 24.2 Å². The zero-order valence-corrected chi connectivity index (χ0v) is 24.4. The first-order valence-electron chi connectivity index (χ1n) is 13.4. The van der Waals surface area contributed by atoms with Crippen molar-refractivity contribution in [3.63, 3.8) is 0 Å². The number of nitrogens with zero attached hydrogens (tertiary/aromatic N) is 2. The molecule has 8 nitrogen and oxygen atoms in total. The topological polar surface area (TPSA) is 93.7 Å². The molecule has 220 valence electrons. The third kappa shape index (κ3) is 5.83. The standard InChI is InChI=1S/C32H33F2N3O5/c1-7-32(33,34)24-12-9-13-25(17-24)35-30(39)29-21(4)36(18-42-22(5)38)31(37(29)40)23-14-15-27(41-6)26(16-23)28-19(2)10-8-11-20(28)3/h8-17H,7,18H2,1-6H3,(H-,35,39,40)/p+1. The van der Waals surface area contributed by atoms with Crippen LogP contribution < -0.4 is 14.8 Å². The van der Waals surface area contributed by atoms with Gasteiger partial charge in [-0.15, -0.1) is 0 Å². The van der Waals surface area contributed by atoms with Crippen molar-refractivity contribution < 1.29 is 37.8 Å². The molecule has 0 atom stereocenters. The summed E-state index contributed by atoms with van der Waals surface area (Å²) in [6, 6.07) is 16.7. The lowest BCUT2D eigenvalue weighted by Gasteiger charge is -2.15. The summed E-state index contributed by atoms with van der Waals surface area (Å²) in [5.41, 5.74) is 4.30. The molecule has 0 radical (unpaired) electrons. The van der Waals surface area contributed by atoms with Crippen LogP contribution in [-0.2, 0) is 22.2 Å². The Balaban J connectivity index is 1.85. The van der Waals surface area contributed by atoms with Crippen LogP contribution in [0.5, 0.6) is 5.75 Å². The molecular formula is C32H34F2N3O5+. The van der Waals surface area contributed by atoms with Gasteiger partial charge in [0.05, 0.1) is 12.7 Å². The van der Waals surface area contributed by atoms with Gasteiger partial charge in [0.15, 0.2) is 5.69 Å². The fourth-order valence-electron chi connectivity index (χ4n) is 5.01. The molecule has 0 aliphatic heterocycles. The minimum Gasteiger partial charge on any atom is -0.496 e. The number of imidazole rings is 1. The highest BCUT2D eigenvalue weighted by atomic mass is 19.3. The van der Waals surface area contributed by atoms with Gasteiger partial charge in [-0.25, -0.2) is 8.78 Å². The summed E-state index contributed by atoms with van der Waals surface area (Å²) in [7, 11) is 1.57. The Hall–Kier alpha value is -4.73. The van der Waals surface area contributed by atoms with E-state index in [0.29, 0.717) is 11.3 Å². The molecule has 10 heteroatoms. The molecule has 3 aromatic carbocycles. The third-order valence-electron chi connectivity index (χ3n) is 7.22. The van der Waals surface area contributed by atoms with E-state index in [-0.39, 0.29) is 35.2 Å². The average Bonchev–Trinajstić information content (AvgIpc) is 3.20. The van der Waals surface area contributed by atoms with Crippen molar-refractivity contribution in [1.29, 1.82) is 0 Å². The van der Waals surface area contributed by atoms with E-state index in [1.165, 1.54) is 42.7 Å². The molecule has 0 fully saturated rings. The Labute approximate surface area is 243 Å². The lowest BCUT2D eigenvalue weighted by atomic mass is 9.93. The van der Waals surface area contributed by atoms with E-state index in [4.69, 9.17) is 9.47 Å². The van der Waals surface area contributed by atoms with Crippen LogP contribution in [0.4, 0.5) is 14.5 Å². The van der Waals surface area contributed by atoms with E-state index in [9.17, 15) is 23.6 Å². The minimum atomic E-state index is -3.06. The average molecular weight is 579 g/mol. The van der Waals surface area contributed by atoms with E-state index in [2.05, 4.69) is 5.32 Å². The lowest BCUT2D eigenvalue weighted by molar-refractivity contribution is -0.896. The molecule has 0 aliphatic carbocycles. The predicted molar refractivity (Wildman–Crippen MR) is 154 cm³/mol. The van der Waals surface area contributed by atoms with Crippen molar-refractivity contribution >= 4 is 17.6 Å². The number of anilines is 1. The van der Waals surface area contributed by atoms with Crippen LogP contribution in [0.2, 0.25) is 0 Å². The number of benzene rings is 3. The number of ether oxygens (including phenoxy) is 2. The number of amides is 1. The highest BCUT2D eigenvalue weighted by molar-refractivity contribution is 6.03. The van der Waals surface area contributed by atoms with Gasteiger partial charge in [0.25, 0.3) is 11.6 Å². The first-order valence-corrected chi connectivity index (χ1v) is 13.4. The molecule has 0 saturated heterocycles. The first kappa shape index (κ1) is 30.2. The molecule has 42 heavy (non-hydrogen) atoms. The van der Waals surface area contributed by atoms with Gasteiger partial charge in [0.2, 0.25) is 6.73 Å². The molecule has 4 aromatic rings. The molecule has 0 spiro atoms. The van der Waals surface area contributed by atoms with Gasteiger partial charge in [-0.1, -0.05) is 37.3 Å². The van der Waals surface area contributed by atoms with Gasteiger partial charge >= 0.3 is 17.7 Å². The molecule has 0 saturated carbocycles. The van der Waals surface area contributed by atoms with Gasteiger partial charge in [-0.2, -0.15) is 4.57 Å². The number of hydrogen-bond acceptors (Lipinski definition) is 5. The summed E-state index contributed by atoms with van der Waals surface area (Å²) in [5.74, 6) is -3.57. The van der Waals surface area contributed by atoms with Crippen molar-refractivity contribution in [1.82, 2.24) is 4.57 Å². The number of alkyl halides is 2. The van der Waals surface area contributed by atoms with Crippen molar-refractivity contribution in [2.24, 2.45) is 0 Å². The molecule has 1 amide bonds. The fraction of sp³-hybridized carbons (Fsp3) is 0.281. The molecule has 1 aromatic heterocycles. The first-order chi connectivity index (χ1) is 19.9. The number of halogens is 2. The third-order valence-corrected chi connectivity index (χ3v) is 7.22. The summed E-state index contributed by atoms with van der Waals surface area (Å²) in [4.78, 5) is 25.2. The summed E-state index contributed by atoms with van der Waals surface area (Å²) in [6.07, 6.45) is -0.394. The Bertz CT molecular complexity index is 1640. The zero-order chi connectivity index (χ0) is 30.8. The van der Waals surface area contributed by atoms with Crippen LogP contribution in [0, 0.1) is 20.8 Å². The maximum absolute atomic E-state index is 14.3. The van der Waals surface area contributed by atoms with Crippen molar-refractivity contribution in [3.8, 4) is 28.3 Å². The lowest BCUT2D eigenvalue weighted by Crippen LogP contribution is -2.39. The van der Waals surface area contributed by atoms with Gasteiger partial charge in [0.1, 0.15) is 5.75 Å². The monoisotopic (exact) mass is 578 g/mol. The smallest absolute Gasteiger partial charge is 0.332 e. The Morgan fingerprint density at radius 2 is 1.69 bits per heavy atom. The maximum Gasteiger partial charge on any atom is 0.332 e. The quantitative estimate of drug-likeness (QED) is 0.133. The summed E-state index contributed by atoms with van der Waals surface area (Å²) in [6.45, 7) is 7.91. The minimum absolute atomic E-state index is 0.140. The summed E-state index contributed by atoms with van der Waals surface area (Å²) >= 11 is 0. The molecular weight excluding hydrogens is 544 g/mol. The number of carbonyl (C=O) groups excluding carboxylic acids is 2. The Morgan fingerprint density at radius 3 is 2.31 bits per heavy atom. The second-order valence-electron chi connectivity index (χ2n) is 10.0. The number of carbonyl (C=O) groups is 2. The van der Waals surface area contributed by atoms with Crippen LogP contribution in [0.3, 0.4) is 0 Å². The largest absolute Gasteiger partial charge is 0.496 e. The number of aromatic nitrogens is 2. The number of hydrogen-bond donors (Lipinski definition) is 2. The number of esters is 1. The van der Waals surface area contributed by atoms with Crippen molar-refractivity contribution in [3.05, 3.63) is 88.7 Å². The van der Waals surface area contributed by atoms with Crippen LogP contribution in [0.25, 0.3) is 22.5 Å². The predicted octanol–water partition coefficient (Wildman–Crippen LogP) is 6.56.